The van der Waals surface area contributed by atoms with E-state index in [4.69, 9.17) is 4.74 Å². The van der Waals surface area contributed by atoms with Gasteiger partial charge in [0.15, 0.2) is 5.03 Å². The molecular weight excluding hydrogens is 280 g/mol. The highest BCUT2D eigenvalue weighted by molar-refractivity contribution is 7.89. The molecule has 7 nitrogen and oxygen atoms in total. The van der Waals surface area contributed by atoms with Crippen molar-refractivity contribution < 1.29 is 13.2 Å². The van der Waals surface area contributed by atoms with Crippen LogP contribution >= 0.6 is 0 Å². The first-order valence-electron chi connectivity index (χ1n) is 6.72. The second-order valence-corrected chi connectivity index (χ2v) is 6.89. The normalized spacial score (nSPS) is 17.4. The molecule has 1 aliphatic carbocycles. The van der Waals surface area contributed by atoms with Crippen LogP contribution in [0.2, 0.25) is 0 Å². The second kappa shape index (κ2) is 6.21. The number of aryl methyl sites for hydroxylation is 1. The maximum absolute atomic E-state index is 12.3. The predicted octanol–water partition coefficient (Wildman–Crippen LogP) is 0.283. The van der Waals surface area contributed by atoms with E-state index in [1.54, 1.807) is 6.92 Å². The number of rotatable bonds is 8. The van der Waals surface area contributed by atoms with Crippen LogP contribution < -0.4 is 10.0 Å². The summed E-state index contributed by atoms with van der Waals surface area (Å²) in [5.41, 5.74) is 1.48. The Morgan fingerprint density at radius 2 is 2.20 bits per heavy atom. The molecule has 0 saturated heterocycles. The first kappa shape index (κ1) is 15.4. The Bertz CT molecular complexity index is 551. The number of ether oxygens (including phenoxy) is 1. The fraction of sp³-hybridized carbons (Fsp3) is 0.750. The summed E-state index contributed by atoms with van der Waals surface area (Å²) < 4.78 is 32.2. The summed E-state index contributed by atoms with van der Waals surface area (Å²) in [5.74, 6) is 0. The Morgan fingerprint density at radius 3 is 2.80 bits per heavy atom. The molecule has 1 aliphatic rings. The summed E-state index contributed by atoms with van der Waals surface area (Å²) in [5, 5.41) is 10.1. The van der Waals surface area contributed by atoms with Crippen molar-refractivity contribution in [2.24, 2.45) is 0 Å². The van der Waals surface area contributed by atoms with Crippen LogP contribution in [0.15, 0.2) is 5.03 Å². The van der Waals surface area contributed by atoms with Crippen LogP contribution in [0.4, 0.5) is 0 Å². The number of hydrogen-bond donors (Lipinski definition) is 3. The molecule has 114 valence electrons. The molecule has 1 fully saturated rings. The van der Waals surface area contributed by atoms with Gasteiger partial charge in [0.2, 0.25) is 0 Å². The van der Waals surface area contributed by atoms with E-state index in [9.17, 15) is 8.42 Å². The zero-order valence-corrected chi connectivity index (χ0v) is 12.9. The van der Waals surface area contributed by atoms with Gasteiger partial charge in [-0.25, -0.2) is 13.1 Å². The minimum absolute atomic E-state index is 0.0751. The molecule has 0 amide bonds. The third kappa shape index (κ3) is 3.78. The monoisotopic (exact) mass is 302 g/mol. The summed E-state index contributed by atoms with van der Waals surface area (Å²) in [6, 6.07) is 0.214. The molecule has 1 aromatic rings. The SMILES string of the molecule is COCC(C)NS(=O)(=O)c1n[nH]c(C)c1CNC1CC1. The lowest BCUT2D eigenvalue weighted by Gasteiger charge is -2.13. The average molecular weight is 302 g/mol. The number of nitrogens with one attached hydrogen (secondary N) is 3. The van der Waals surface area contributed by atoms with Gasteiger partial charge in [-0.3, -0.25) is 5.10 Å². The number of H-pyrrole nitrogens is 1. The smallest absolute Gasteiger partial charge is 0.260 e. The highest BCUT2D eigenvalue weighted by Crippen LogP contribution is 2.22. The lowest BCUT2D eigenvalue weighted by Crippen LogP contribution is -2.36. The van der Waals surface area contributed by atoms with Gasteiger partial charge >= 0.3 is 0 Å². The maximum atomic E-state index is 12.3. The first-order chi connectivity index (χ1) is 9.44. The van der Waals surface area contributed by atoms with Gasteiger partial charge in [0.1, 0.15) is 0 Å². The van der Waals surface area contributed by atoms with Gasteiger partial charge < -0.3 is 10.1 Å². The molecule has 20 heavy (non-hydrogen) atoms. The lowest BCUT2D eigenvalue weighted by atomic mass is 10.2. The molecular formula is C12H22N4O3S. The average Bonchev–Trinajstić information content (AvgIpc) is 3.09. The topological polar surface area (TPSA) is 96.1 Å². The van der Waals surface area contributed by atoms with E-state index < -0.39 is 10.0 Å². The molecule has 2 rings (SSSR count). The van der Waals surface area contributed by atoms with E-state index in [0.29, 0.717) is 24.8 Å². The fourth-order valence-electron chi connectivity index (χ4n) is 2.00. The van der Waals surface area contributed by atoms with E-state index in [1.807, 2.05) is 6.92 Å². The fourth-order valence-corrected chi connectivity index (χ4v) is 3.42. The van der Waals surface area contributed by atoms with Crippen LogP contribution in [0, 0.1) is 6.92 Å². The Labute approximate surface area is 119 Å². The minimum atomic E-state index is -3.63. The van der Waals surface area contributed by atoms with Crippen LogP contribution in [0.5, 0.6) is 0 Å². The summed E-state index contributed by atoms with van der Waals surface area (Å²) in [6.45, 7) is 4.41. The maximum Gasteiger partial charge on any atom is 0.260 e. The third-order valence-electron chi connectivity index (χ3n) is 3.21. The van der Waals surface area contributed by atoms with Gasteiger partial charge in [-0.1, -0.05) is 0 Å². The molecule has 0 aliphatic heterocycles. The molecule has 1 atom stereocenters. The van der Waals surface area contributed by atoms with Gasteiger partial charge in [-0.15, -0.1) is 0 Å². The van der Waals surface area contributed by atoms with Gasteiger partial charge in [0.25, 0.3) is 10.0 Å². The number of aromatic nitrogens is 2. The predicted molar refractivity (Wildman–Crippen MR) is 74.8 cm³/mol. The van der Waals surface area contributed by atoms with Crippen molar-refractivity contribution in [2.75, 3.05) is 13.7 Å². The van der Waals surface area contributed by atoms with Crippen molar-refractivity contribution in [1.82, 2.24) is 20.2 Å². The number of methoxy groups -OCH3 is 1. The number of sulfonamides is 1. The van der Waals surface area contributed by atoms with Gasteiger partial charge in [-0.2, -0.15) is 5.10 Å². The number of aromatic amines is 1. The zero-order chi connectivity index (χ0) is 14.8. The molecule has 0 radical (unpaired) electrons. The molecule has 1 saturated carbocycles. The Hall–Kier alpha value is -0.960. The molecule has 1 unspecified atom stereocenters. The van der Waals surface area contributed by atoms with Crippen molar-refractivity contribution in [2.45, 2.75) is 50.3 Å². The van der Waals surface area contributed by atoms with Crippen LogP contribution in [0.25, 0.3) is 0 Å². The summed E-state index contributed by atoms with van der Waals surface area (Å²) >= 11 is 0. The molecule has 8 heteroatoms. The number of nitrogens with zero attached hydrogens (tertiary/aromatic N) is 1. The van der Waals surface area contributed by atoms with Gasteiger partial charge in [0, 0.05) is 37.0 Å². The Kier molecular flexibility index (Phi) is 4.79. The van der Waals surface area contributed by atoms with Gasteiger partial charge in [-0.05, 0) is 26.7 Å². The highest BCUT2D eigenvalue weighted by Gasteiger charge is 2.27. The van der Waals surface area contributed by atoms with E-state index in [2.05, 4.69) is 20.2 Å². The van der Waals surface area contributed by atoms with Crippen molar-refractivity contribution in [3.63, 3.8) is 0 Å². The molecule has 1 aromatic heterocycles. The van der Waals surface area contributed by atoms with Crippen LogP contribution in [0.1, 0.15) is 31.0 Å². The summed E-state index contributed by atoms with van der Waals surface area (Å²) in [4.78, 5) is 0. The van der Waals surface area contributed by atoms with Crippen molar-refractivity contribution in [3.8, 4) is 0 Å². The minimum Gasteiger partial charge on any atom is -0.383 e. The van der Waals surface area contributed by atoms with Crippen LogP contribution in [0.3, 0.4) is 0 Å². The molecule has 0 spiro atoms. The quantitative estimate of drug-likeness (QED) is 0.641. The number of hydrogen-bond acceptors (Lipinski definition) is 5. The zero-order valence-electron chi connectivity index (χ0n) is 12.1. The third-order valence-corrected chi connectivity index (χ3v) is 4.77. The Balaban J connectivity index is 2.13. The largest absolute Gasteiger partial charge is 0.383 e. The van der Waals surface area contributed by atoms with Crippen LogP contribution in [-0.2, 0) is 21.3 Å². The first-order valence-corrected chi connectivity index (χ1v) is 8.21. The van der Waals surface area contributed by atoms with Crippen molar-refractivity contribution in [3.05, 3.63) is 11.3 Å². The molecule has 0 bridgehead atoms. The summed E-state index contributed by atoms with van der Waals surface area (Å²) in [7, 11) is -2.10. The highest BCUT2D eigenvalue weighted by atomic mass is 32.2. The molecule has 0 aromatic carbocycles. The molecule has 3 N–H and O–H groups in total. The van der Waals surface area contributed by atoms with Gasteiger partial charge in [0.05, 0.1) is 6.61 Å². The standard InChI is InChI=1S/C12H22N4O3S/c1-8(7-19-3)16-20(17,18)12-11(9(2)14-15-12)6-13-10-4-5-10/h8,10,13,16H,4-7H2,1-3H3,(H,14,15). The second-order valence-electron chi connectivity index (χ2n) is 5.27. The van der Waals surface area contributed by atoms with E-state index >= 15 is 0 Å². The summed E-state index contributed by atoms with van der Waals surface area (Å²) in [6.07, 6.45) is 2.31. The lowest BCUT2D eigenvalue weighted by molar-refractivity contribution is 0.180. The Morgan fingerprint density at radius 1 is 1.50 bits per heavy atom. The van der Waals surface area contributed by atoms with E-state index in [0.717, 1.165) is 18.5 Å². The molecule has 1 heterocycles. The van der Waals surface area contributed by atoms with Crippen molar-refractivity contribution >= 4 is 10.0 Å². The van der Waals surface area contributed by atoms with Crippen molar-refractivity contribution in [1.29, 1.82) is 0 Å². The van der Waals surface area contributed by atoms with E-state index in [1.165, 1.54) is 7.11 Å². The van der Waals surface area contributed by atoms with Crippen LogP contribution in [-0.4, -0.2) is 44.4 Å². The van der Waals surface area contributed by atoms with E-state index in [-0.39, 0.29) is 11.1 Å².